The van der Waals surface area contributed by atoms with Gasteiger partial charge in [0.15, 0.2) is 0 Å². The van der Waals surface area contributed by atoms with Gasteiger partial charge in [-0.15, -0.1) is 0 Å². The first-order chi connectivity index (χ1) is 10.7. The van der Waals surface area contributed by atoms with Crippen LogP contribution in [-0.2, 0) is 4.74 Å². The highest BCUT2D eigenvalue weighted by molar-refractivity contribution is 6.03. The van der Waals surface area contributed by atoms with Gasteiger partial charge in [0.2, 0.25) is 0 Å². The van der Waals surface area contributed by atoms with Crippen molar-refractivity contribution >= 4 is 11.7 Å². The number of carbonyl (C=O) groups excluding carboxylic acids is 1. The van der Waals surface area contributed by atoms with Crippen molar-refractivity contribution in [1.29, 1.82) is 0 Å². The average Bonchev–Trinajstić information content (AvgIpc) is 2.60. The maximum atomic E-state index is 11.6. The molecule has 1 unspecified atom stereocenters. The van der Waals surface area contributed by atoms with Crippen LogP contribution in [0.2, 0.25) is 0 Å². The monoisotopic (exact) mass is 297 g/mol. The number of hydrogen-bond donors (Lipinski definition) is 1. The molecule has 5 heteroatoms. The molecule has 0 fully saturated rings. The Hall–Kier alpha value is -2.82. The minimum absolute atomic E-state index is 0.314. The molecule has 112 valence electrons. The molecule has 1 heterocycles. The summed E-state index contributed by atoms with van der Waals surface area (Å²) in [5.41, 5.74) is 2.64. The lowest BCUT2D eigenvalue weighted by Gasteiger charge is -2.27. The van der Waals surface area contributed by atoms with E-state index in [1.165, 1.54) is 7.11 Å². The molecule has 1 aliphatic rings. The zero-order valence-electron chi connectivity index (χ0n) is 12.0. The molecule has 0 bridgehead atoms. The summed E-state index contributed by atoms with van der Waals surface area (Å²) < 4.78 is 10.7. The molecule has 0 aliphatic carbocycles. The highest BCUT2D eigenvalue weighted by Gasteiger charge is 2.26. The molecule has 3 rings (SSSR count). The SMILES string of the molecule is COC(=O)c1cccc(C2CC(=NO)c3ccccc3O2)c1. The normalized spacial score (nSPS) is 18.4. The van der Waals surface area contributed by atoms with Crippen LogP contribution in [0.15, 0.2) is 53.7 Å². The van der Waals surface area contributed by atoms with E-state index in [4.69, 9.17) is 9.47 Å². The zero-order chi connectivity index (χ0) is 15.5. The number of fused-ring (bicyclic) bond motifs is 1. The van der Waals surface area contributed by atoms with Crippen molar-refractivity contribution in [3.63, 3.8) is 0 Å². The van der Waals surface area contributed by atoms with Crippen LogP contribution < -0.4 is 4.74 Å². The van der Waals surface area contributed by atoms with Crippen LogP contribution >= 0.6 is 0 Å². The molecule has 0 aromatic heterocycles. The molecule has 1 N–H and O–H groups in total. The van der Waals surface area contributed by atoms with Gasteiger partial charge in [-0.2, -0.15) is 0 Å². The first-order valence-corrected chi connectivity index (χ1v) is 6.88. The third kappa shape index (κ3) is 2.53. The fraction of sp³-hybridized carbons (Fsp3) is 0.176. The topological polar surface area (TPSA) is 68.1 Å². The van der Waals surface area contributed by atoms with E-state index in [2.05, 4.69) is 5.16 Å². The summed E-state index contributed by atoms with van der Waals surface area (Å²) in [6.45, 7) is 0. The summed E-state index contributed by atoms with van der Waals surface area (Å²) in [7, 11) is 1.35. The maximum Gasteiger partial charge on any atom is 0.337 e. The van der Waals surface area contributed by atoms with Crippen molar-refractivity contribution in [3.8, 4) is 5.75 Å². The molecule has 0 saturated heterocycles. The average molecular weight is 297 g/mol. The summed E-state index contributed by atoms with van der Waals surface area (Å²) >= 11 is 0. The van der Waals surface area contributed by atoms with Gasteiger partial charge in [-0.05, 0) is 29.8 Å². The summed E-state index contributed by atoms with van der Waals surface area (Å²) in [4.78, 5) is 11.6. The minimum atomic E-state index is -0.394. The van der Waals surface area contributed by atoms with Gasteiger partial charge in [0.25, 0.3) is 0 Å². The fourth-order valence-corrected chi connectivity index (χ4v) is 2.55. The third-order valence-electron chi connectivity index (χ3n) is 3.65. The van der Waals surface area contributed by atoms with E-state index in [0.29, 0.717) is 23.4 Å². The number of ether oxygens (including phenoxy) is 2. The van der Waals surface area contributed by atoms with Crippen LogP contribution in [0, 0.1) is 0 Å². The summed E-state index contributed by atoms with van der Waals surface area (Å²) in [5, 5.41) is 12.6. The molecule has 0 radical (unpaired) electrons. The largest absolute Gasteiger partial charge is 0.485 e. The Kier molecular flexibility index (Phi) is 3.78. The Bertz CT molecular complexity index is 739. The Morgan fingerprint density at radius 1 is 1.27 bits per heavy atom. The number of para-hydroxylation sites is 1. The minimum Gasteiger partial charge on any atom is -0.485 e. The van der Waals surface area contributed by atoms with Crippen molar-refractivity contribution in [2.75, 3.05) is 7.11 Å². The zero-order valence-corrected chi connectivity index (χ0v) is 12.0. The third-order valence-corrected chi connectivity index (χ3v) is 3.65. The molecule has 1 atom stereocenters. The highest BCUT2D eigenvalue weighted by Crippen LogP contribution is 2.35. The fourth-order valence-electron chi connectivity index (χ4n) is 2.55. The lowest BCUT2D eigenvalue weighted by Crippen LogP contribution is -2.21. The van der Waals surface area contributed by atoms with Gasteiger partial charge < -0.3 is 14.7 Å². The molecule has 0 saturated carbocycles. The van der Waals surface area contributed by atoms with Crippen molar-refractivity contribution < 1.29 is 19.5 Å². The molecule has 5 nitrogen and oxygen atoms in total. The first kappa shape index (κ1) is 14.1. The van der Waals surface area contributed by atoms with Crippen LogP contribution in [0.4, 0.5) is 0 Å². The predicted molar refractivity (Wildman–Crippen MR) is 80.5 cm³/mol. The van der Waals surface area contributed by atoms with E-state index >= 15 is 0 Å². The van der Waals surface area contributed by atoms with Gasteiger partial charge in [-0.25, -0.2) is 4.79 Å². The van der Waals surface area contributed by atoms with Crippen LogP contribution in [0.3, 0.4) is 0 Å². The molecular formula is C17H15NO4. The quantitative estimate of drug-likeness (QED) is 0.525. The number of rotatable bonds is 2. The first-order valence-electron chi connectivity index (χ1n) is 6.88. The van der Waals surface area contributed by atoms with E-state index in [1.807, 2.05) is 30.3 Å². The van der Waals surface area contributed by atoms with Gasteiger partial charge in [0.1, 0.15) is 11.9 Å². The number of benzene rings is 2. The van der Waals surface area contributed by atoms with Crippen LogP contribution in [-0.4, -0.2) is 24.0 Å². The second-order valence-electron chi connectivity index (χ2n) is 4.97. The molecule has 2 aromatic rings. The maximum absolute atomic E-state index is 11.6. The Balaban J connectivity index is 1.96. The van der Waals surface area contributed by atoms with E-state index in [-0.39, 0.29) is 6.10 Å². The Morgan fingerprint density at radius 3 is 2.86 bits per heavy atom. The second-order valence-corrected chi connectivity index (χ2v) is 4.97. The van der Waals surface area contributed by atoms with Gasteiger partial charge in [-0.3, -0.25) is 0 Å². The van der Waals surface area contributed by atoms with Crippen LogP contribution in [0.5, 0.6) is 5.75 Å². The number of nitrogens with zero attached hydrogens (tertiary/aromatic N) is 1. The van der Waals surface area contributed by atoms with Crippen molar-refractivity contribution in [2.24, 2.45) is 5.16 Å². The van der Waals surface area contributed by atoms with E-state index in [1.54, 1.807) is 18.2 Å². The van der Waals surface area contributed by atoms with Crippen molar-refractivity contribution in [2.45, 2.75) is 12.5 Å². The molecule has 2 aromatic carbocycles. The number of esters is 1. The summed E-state index contributed by atoms with van der Waals surface area (Å²) in [5.74, 6) is 0.268. The summed E-state index contributed by atoms with van der Waals surface area (Å²) in [6, 6.07) is 14.5. The number of carbonyl (C=O) groups is 1. The van der Waals surface area contributed by atoms with Gasteiger partial charge in [0.05, 0.1) is 18.4 Å². The Labute approximate surface area is 127 Å². The molecule has 0 spiro atoms. The van der Waals surface area contributed by atoms with E-state index in [9.17, 15) is 10.0 Å². The molecule has 22 heavy (non-hydrogen) atoms. The van der Waals surface area contributed by atoms with Gasteiger partial charge in [-0.1, -0.05) is 29.4 Å². The molecular weight excluding hydrogens is 282 g/mol. The lowest BCUT2D eigenvalue weighted by molar-refractivity contribution is 0.0600. The van der Waals surface area contributed by atoms with Crippen LogP contribution in [0.1, 0.15) is 34.0 Å². The predicted octanol–water partition coefficient (Wildman–Crippen LogP) is 3.18. The summed E-state index contributed by atoms with van der Waals surface area (Å²) in [6.07, 6.45) is 0.114. The van der Waals surface area contributed by atoms with E-state index < -0.39 is 5.97 Å². The van der Waals surface area contributed by atoms with E-state index in [0.717, 1.165) is 11.1 Å². The number of hydrogen-bond acceptors (Lipinski definition) is 5. The van der Waals surface area contributed by atoms with Gasteiger partial charge in [0, 0.05) is 12.0 Å². The van der Waals surface area contributed by atoms with Crippen molar-refractivity contribution in [1.82, 2.24) is 0 Å². The highest BCUT2D eigenvalue weighted by atomic mass is 16.5. The number of methoxy groups -OCH3 is 1. The van der Waals surface area contributed by atoms with Crippen LogP contribution in [0.25, 0.3) is 0 Å². The second kappa shape index (κ2) is 5.89. The molecule has 1 aliphatic heterocycles. The van der Waals surface area contributed by atoms with Gasteiger partial charge >= 0.3 is 5.97 Å². The standard InChI is InChI=1S/C17H15NO4/c1-21-17(19)12-6-4-5-11(9-12)16-10-14(18-20)13-7-2-3-8-15(13)22-16/h2-9,16,20H,10H2,1H3. The lowest BCUT2D eigenvalue weighted by atomic mass is 9.95. The smallest absolute Gasteiger partial charge is 0.337 e. The van der Waals surface area contributed by atoms with Crippen molar-refractivity contribution in [3.05, 3.63) is 65.2 Å². The molecule has 0 amide bonds. The number of oxime groups is 1. The Morgan fingerprint density at radius 2 is 2.09 bits per heavy atom.